The van der Waals surface area contributed by atoms with Crippen LogP contribution in [0, 0.1) is 11.6 Å². The molecule has 162 valence electrons. The average Bonchev–Trinajstić information content (AvgIpc) is 3.49. The summed E-state index contributed by atoms with van der Waals surface area (Å²) in [5, 5.41) is 8.27. The number of carbonyl (C=O) groups excluding carboxylic acids is 1. The topological polar surface area (TPSA) is 104 Å². The van der Waals surface area contributed by atoms with Crippen molar-refractivity contribution >= 4 is 38.9 Å². The molecule has 0 saturated heterocycles. The average molecular weight is 457 g/mol. The summed E-state index contributed by atoms with van der Waals surface area (Å²) in [5.41, 5.74) is -0.567. The highest BCUT2D eigenvalue weighted by Crippen LogP contribution is 2.18. The Bertz CT molecular complexity index is 1600. The van der Waals surface area contributed by atoms with Crippen molar-refractivity contribution in [3.63, 3.8) is 0 Å². The second kappa shape index (κ2) is 7.57. The Morgan fingerprint density at radius 3 is 2.75 bits per heavy atom. The van der Waals surface area contributed by atoms with Crippen molar-refractivity contribution in [2.75, 3.05) is 5.32 Å². The third kappa shape index (κ3) is 3.30. The second-order valence-electron chi connectivity index (χ2n) is 6.86. The van der Waals surface area contributed by atoms with Crippen LogP contribution in [-0.2, 0) is 17.9 Å². The Kier molecular flexibility index (Phi) is 4.70. The zero-order chi connectivity index (χ0) is 22.4. The quantitative estimate of drug-likeness (QED) is 0.437. The molecule has 0 saturated carbocycles. The number of hydrogen-bond donors (Lipinski definition) is 1. The van der Waals surface area contributed by atoms with Crippen molar-refractivity contribution in [2.24, 2.45) is 0 Å². The number of amides is 1. The third-order valence-electron chi connectivity index (χ3n) is 4.78. The van der Waals surface area contributed by atoms with Gasteiger partial charge in [0.2, 0.25) is 11.7 Å². The van der Waals surface area contributed by atoms with Gasteiger partial charge in [-0.3, -0.25) is 14.2 Å². The molecule has 32 heavy (non-hydrogen) atoms. The molecule has 0 radical (unpaired) electrons. The number of hydrogen-bond acceptors (Lipinski definition) is 6. The van der Waals surface area contributed by atoms with Crippen molar-refractivity contribution in [3.05, 3.63) is 86.3 Å². The number of rotatable bonds is 5. The van der Waals surface area contributed by atoms with Crippen LogP contribution in [0.2, 0.25) is 0 Å². The first kappa shape index (κ1) is 19.9. The first-order valence-corrected chi connectivity index (χ1v) is 10.2. The van der Waals surface area contributed by atoms with E-state index in [9.17, 15) is 23.2 Å². The summed E-state index contributed by atoms with van der Waals surface area (Å²) < 4.78 is 35.6. The molecule has 0 fully saturated rings. The van der Waals surface area contributed by atoms with Crippen LogP contribution in [0.3, 0.4) is 0 Å². The lowest BCUT2D eigenvalue weighted by Gasteiger charge is -2.05. The van der Waals surface area contributed by atoms with E-state index >= 15 is 0 Å². The highest BCUT2D eigenvalue weighted by Gasteiger charge is 2.20. The molecule has 5 rings (SSSR count). The predicted octanol–water partition coefficient (Wildman–Crippen LogP) is 2.43. The number of anilines is 1. The van der Waals surface area contributed by atoms with Gasteiger partial charge < -0.3 is 9.73 Å². The molecule has 5 aromatic rings. The molecule has 12 heteroatoms. The molecule has 0 spiro atoms. The van der Waals surface area contributed by atoms with Crippen molar-refractivity contribution < 1.29 is 18.0 Å². The molecule has 9 nitrogen and oxygen atoms in total. The molecule has 0 unspecified atom stereocenters. The standard InChI is InChI=1S/C20H13F2N5O4S/c21-13-4-3-11(8-14(13)22)23-16(28)10-26-20(30)27-15-5-7-32-17(15)18(29)25(19(27)24-26)9-12-2-1-6-31-12/h1-8H,9-10H2,(H,23,28). The summed E-state index contributed by atoms with van der Waals surface area (Å²) in [6.07, 6.45) is 1.47. The van der Waals surface area contributed by atoms with Gasteiger partial charge in [0.25, 0.3) is 5.56 Å². The van der Waals surface area contributed by atoms with E-state index in [2.05, 4.69) is 10.4 Å². The molecule has 1 N–H and O–H groups in total. The van der Waals surface area contributed by atoms with Crippen LogP contribution in [0.25, 0.3) is 16.0 Å². The van der Waals surface area contributed by atoms with Gasteiger partial charge in [-0.25, -0.2) is 22.7 Å². The fourth-order valence-electron chi connectivity index (χ4n) is 3.35. The van der Waals surface area contributed by atoms with Crippen molar-refractivity contribution in [1.82, 2.24) is 18.7 Å². The molecule has 1 aromatic carbocycles. The van der Waals surface area contributed by atoms with Gasteiger partial charge in [-0.2, -0.15) is 0 Å². The number of carbonyl (C=O) groups is 1. The Hall–Kier alpha value is -4.06. The number of thiophene rings is 1. The number of nitrogens with one attached hydrogen (secondary N) is 1. The molecule has 0 aliphatic rings. The lowest BCUT2D eigenvalue weighted by Crippen LogP contribution is -2.29. The number of nitrogens with zero attached hydrogens (tertiary/aromatic N) is 4. The number of aromatic nitrogens is 4. The normalized spacial score (nSPS) is 11.4. The fourth-order valence-corrected chi connectivity index (χ4v) is 4.17. The van der Waals surface area contributed by atoms with Crippen LogP contribution in [0.15, 0.2) is 62.0 Å². The van der Waals surface area contributed by atoms with E-state index in [-0.39, 0.29) is 23.6 Å². The summed E-state index contributed by atoms with van der Waals surface area (Å²) in [5.74, 6) is -2.31. The summed E-state index contributed by atoms with van der Waals surface area (Å²) in [6.45, 7) is -0.458. The first-order valence-electron chi connectivity index (χ1n) is 9.29. The molecular formula is C20H13F2N5O4S. The van der Waals surface area contributed by atoms with Crippen LogP contribution >= 0.6 is 11.3 Å². The lowest BCUT2D eigenvalue weighted by atomic mass is 10.3. The van der Waals surface area contributed by atoms with Gasteiger partial charge in [0.1, 0.15) is 17.0 Å². The van der Waals surface area contributed by atoms with E-state index in [0.29, 0.717) is 16.0 Å². The molecule has 0 atom stereocenters. The largest absolute Gasteiger partial charge is 0.467 e. The minimum atomic E-state index is -1.12. The smallest absolute Gasteiger partial charge is 0.352 e. The maximum atomic E-state index is 13.4. The Morgan fingerprint density at radius 1 is 1.16 bits per heavy atom. The molecule has 0 aliphatic heterocycles. The second-order valence-corrected chi connectivity index (χ2v) is 7.77. The fraction of sp³-hybridized carbons (Fsp3) is 0.100. The van der Waals surface area contributed by atoms with E-state index < -0.39 is 29.8 Å². The molecule has 0 aliphatic carbocycles. The molecule has 0 bridgehead atoms. The molecule has 4 aromatic heterocycles. The zero-order valence-corrected chi connectivity index (χ0v) is 16.9. The third-order valence-corrected chi connectivity index (χ3v) is 5.67. The van der Waals surface area contributed by atoms with Gasteiger partial charge in [-0.1, -0.05) is 0 Å². The molecule has 4 heterocycles. The van der Waals surface area contributed by atoms with Crippen LogP contribution in [0.1, 0.15) is 5.76 Å². The van der Waals surface area contributed by atoms with E-state index in [1.165, 1.54) is 32.6 Å². The van der Waals surface area contributed by atoms with Gasteiger partial charge in [-0.15, -0.1) is 16.4 Å². The van der Waals surface area contributed by atoms with Crippen LogP contribution in [0.4, 0.5) is 14.5 Å². The minimum absolute atomic E-state index is 0.0284. The highest BCUT2D eigenvalue weighted by molar-refractivity contribution is 7.17. The SMILES string of the molecule is O=C(Cn1nc2n(Cc3ccco3)c(=O)c3sccc3n2c1=O)Nc1ccc(F)c(F)c1. The van der Waals surface area contributed by atoms with E-state index in [4.69, 9.17) is 4.42 Å². The Balaban J connectivity index is 1.56. The minimum Gasteiger partial charge on any atom is -0.467 e. The number of benzene rings is 1. The monoisotopic (exact) mass is 457 g/mol. The van der Waals surface area contributed by atoms with Gasteiger partial charge in [0.15, 0.2) is 11.6 Å². The van der Waals surface area contributed by atoms with E-state index in [1.54, 1.807) is 23.6 Å². The number of fused-ring (bicyclic) bond motifs is 3. The van der Waals surface area contributed by atoms with Gasteiger partial charge in [-0.05, 0) is 35.7 Å². The van der Waals surface area contributed by atoms with Crippen molar-refractivity contribution in [2.45, 2.75) is 13.1 Å². The van der Waals surface area contributed by atoms with Crippen LogP contribution < -0.4 is 16.6 Å². The van der Waals surface area contributed by atoms with Crippen molar-refractivity contribution in [1.29, 1.82) is 0 Å². The Labute approximate surface area is 180 Å². The number of halogens is 2. The maximum Gasteiger partial charge on any atom is 0.352 e. The summed E-state index contributed by atoms with van der Waals surface area (Å²) in [7, 11) is 0. The maximum absolute atomic E-state index is 13.4. The van der Waals surface area contributed by atoms with E-state index in [1.807, 2.05) is 0 Å². The van der Waals surface area contributed by atoms with Crippen LogP contribution in [-0.4, -0.2) is 24.7 Å². The first-order chi connectivity index (χ1) is 15.4. The van der Waals surface area contributed by atoms with Gasteiger partial charge >= 0.3 is 5.69 Å². The summed E-state index contributed by atoms with van der Waals surface area (Å²) in [4.78, 5) is 38.4. The lowest BCUT2D eigenvalue weighted by molar-refractivity contribution is -0.117. The van der Waals surface area contributed by atoms with Crippen molar-refractivity contribution in [3.8, 4) is 0 Å². The van der Waals surface area contributed by atoms with Crippen LogP contribution in [0.5, 0.6) is 0 Å². The van der Waals surface area contributed by atoms with E-state index in [0.717, 1.165) is 16.8 Å². The summed E-state index contributed by atoms with van der Waals surface area (Å²) in [6, 6.07) is 7.89. The Morgan fingerprint density at radius 2 is 2.00 bits per heavy atom. The molecular weight excluding hydrogens is 444 g/mol. The van der Waals surface area contributed by atoms with Gasteiger partial charge in [0, 0.05) is 11.8 Å². The predicted molar refractivity (Wildman–Crippen MR) is 112 cm³/mol. The molecule has 1 amide bonds. The number of furan rings is 1. The van der Waals surface area contributed by atoms with Gasteiger partial charge in [0.05, 0.1) is 18.3 Å². The zero-order valence-electron chi connectivity index (χ0n) is 16.1. The summed E-state index contributed by atoms with van der Waals surface area (Å²) >= 11 is 1.19. The highest BCUT2D eigenvalue weighted by atomic mass is 32.1.